The number of primary amides is 1. The highest BCUT2D eigenvalue weighted by atomic mass is 32.1. The van der Waals surface area contributed by atoms with Crippen molar-refractivity contribution in [2.75, 3.05) is 38.5 Å². The van der Waals surface area contributed by atoms with E-state index in [0.717, 1.165) is 49.1 Å². The molecule has 0 radical (unpaired) electrons. The zero-order valence-corrected chi connectivity index (χ0v) is 20.2. The van der Waals surface area contributed by atoms with Gasteiger partial charge in [-0.25, -0.2) is 4.98 Å². The van der Waals surface area contributed by atoms with E-state index in [2.05, 4.69) is 46.4 Å². The Bertz CT molecular complexity index is 1090. The number of nitrogens with zero attached hydrogens (tertiary/aromatic N) is 3. The molecule has 3 N–H and O–H groups in total. The maximum absolute atomic E-state index is 11.6. The molecule has 1 amide bonds. The highest BCUT2D eigenvalue weighted by Crippen LogP contribution is 2.33. The van der Waals surface area contributed by atoms with Gasteiger partial charge in [-0.2, -0.15) is 0 Å². The first-order valence-electron chi connectivity index (χ1n) is 11.2. The number of piperazine rings is 1. The summed E-state index contributed by atoms with van der Waals surface area (Å²) in [6, 6.07) is 13.8. The van der Waals surface area contributed by atoms with Crippen molar-refractivity contribution >= 4 is 28.1 Å². The fourth-order valence-electron chi connectivity index (χ4n) is 3.76. The average molecular weight is 466 g/mol. The molecule has 0 spiro atoms. The van der Waals surface area contributed by atoms with Crippen molar-refractivity contribution in [3.05, 3.63) is 59.0 Å². The van der Waals surface area contributed by atoms with Gasteiger partial charge in [0.2, 0.25) is 5.91 Å². The molecule has 0 unspecified atom stereocenters. The third kappa shape index (κ3) is 6.10. The number of likely N-dealkylation sites (N-methyl/N-ethyl adjacent to an activating group) is 1. The van der Waals surface area contributed by atoms with Crippen molar-refractivity contribution in [3.8, 4) is 17.0 Å². The Morgan fingerprint density at radius 3 is 2.55 bits per heavy atom. The molecular formula is C25H31N5O2S. The molecule has 1 aliphatic heterocycles. The molecule has 3 aromatic rings. The summed E-state index contributed by atoms with van der Waals surface area (Å²) in [6.07, 6.45) is 0.00111. The fraction of sp³-hybridized carbons (Fsp3) is 0.360. The number of amides is 1. The lowest BCUT2D eigenvalue weighted by Crippen LogP contribution is -2.43. The minimum Gasteiger partial charge on any atom is -0.489 e. The van der Waals surface area contributed by atoms with Crippen molar-refractivity contribution in [3.63, 3.8) is 0 Å². The smallest absolute Gasteiger partial charge is 0.248 e. The van der Waals surface area contributed by atoms with E-state index in [9.17, 15) is 4.79 Å². The average Bonchev–Trinajstić information content (AvgIpc) is 3.25. The number of hydrogen-bond acceptors (Lipinski definition) is 7. The second kappa shape index (κ2) is 10.3. The van der Waals surface area contributed by atoms with E-state index in [1.807, 2.05) is 19.2 Å². The summed E-state index contributed by atoms with van der Waals surface area (Å²) in [5.41, 5.74) is 9.85. The van der Waals surface area contributed by atoms with Gasteiger partial charge in [0.1, 0.15) is 5.75 Å². The lowest BCUT2D eigenvalue weighted by Gasteiger charge is -2.32. The van der Waals surface area contributed by atoms with Gasteiger partial charge >= 0.3 is 0 Å². The molecular weight excluding hydrogens is 434 g/mol. The Labute approximate surface area is 199 Å². The number of thiazole rings is 1. The van der Waals surface area contributed by atoms with Crippen LogP contribution < -0.4 is 15.8 Å². The molecule has 174 valence electrons. The maximum Gasteiger partial charge on any atom is 0.248 e. The SMILES string of the molecule is CC(C)Oc1ccc(C(N)=O)cc1Nc1nc(-c2ccc(CN3CCN(C)CC3)cc2)cs1. The lowest BCUT2D eigenvalue weighted by atomic mass is 10.1. The Balaban J connectivity index is 1.46. The number of anilines is 2. The van der Waals surface area contributed by atoms with Crippen LogP contribution in [0.3, 0.4) is 0 Å². The van der Waals surface area contributed by atoms with E-state index in [1.54, 1.807) is 18.2 Å². The van der Waals surface area contributed by atoms with Crippen LogP contribution in [0, 0.1) is 0 Å². The van der Waals surface area contributed by atoms with Crippen LogP contribution in [-0.2, 0) is 6.54 Å². The van der Waals surface area contributed by atoms with Crippen LogP contribution in [0.15, 0.2) is 47.8 Å². The fourth-order valence-corrected chi connectivity index (χ4v) is 4.49. The van der Waals surface area contributed by atoms with Crippen LogP contribution in [0.4, 0.5) is 10.8 Å². The summed E-state index contributed by atoms with van der Waals surface area (Å²) in [6.45, 7) is 9.36. The summed E-state index contributed by atoms with van der Waals surface area (Å²) >= 11 is 1.51. The number of benzene rings is 2. The van der Waals surface area contributed by atoms with Gasteiger partial charge < -0.3 is 20.7 Å². The molecule has 7 nitrogen and oxygen atoms in total. The lowest BCUT2D eigenvalue weighted by molar-refractivity contribution is 0.100. The van der Waals surface area contributed by atoms with Crippen molar-refractivity contribution in [2.45, 2.75) is 26.5 Å². The first kappa shape index (κ1) is 23.2. The van der Waals surface area contributed by atoms with E-state index in [0.29, 0.717) is 17.0 Å². The molecule has 2 aromatic carbocycles. The summed E-state index contributed by atoms with van der Waals surface area (Å²) in [5.74, 6) is 0.172. The van der Waals surface area contributed by atoms with Gasteiger partial charge in [-0.15, -0.1) is 11.3 Å². The van der Waals surface area contributed by atoms with Crippen molar-refractivity contribution in [1.82, 2.24) is 14.8 Å². The molecule has 0 aliphatic carbocycles. The summed E-state index contributed by atoms with van der Waals surface area (Å²) in [5, 5.41) is 6.05. The molecule has 33 heavy (non-hydrogen) atoms. The molecule has 8 heteroatoms. The Kier molecular flexibility index (Phi) is 7.27. The number of aromatic nitrogens is 1. The minimum absolute atomic E-state index is 0.00111. The standard InChI is InChI=1S/C25H31N5O2S/c1-17(2)32-23-9-8-20(24(26)31)14-21(23)27-25-28-22(16-33-25)19-6-4-18(5-7-19)15-30-12-10-29(3)11-13-30/h4-9,14,16-17H,10-13,15H2,1-3H3,(H2,26,31)(H,27,28). The van der Waals surface area contributed by atoms with Crippen LogP contribution in [0.1, 0.15) is 29.8 Å². The first-order valence-corrected chi connectivity index (χ1v) is 12.1. The number of ether oxygens (including phenoxy) is 1. The molecule has 0 saturated carbocycles. The third-order valence-electron chi connectivity index (χ3n) is 5.62. The number of rotatable bonds is 8. The molecule has 2 heterocycles. The number of carbonyl (C=O) groups excluding carboxylic acids is 1. The van der Waals surface area contributed by atoms with Gasteiger partial charge in [-0.1, -0.05) is 24.3 Å². The largest absolute Gasteiger partial charge is 0.489 e. The third-order valence-corrected chi connectivity index (χ3v) is 6.38. The molecule has 0 atom stereocenters. The summed E-state index contributed by atoms with van der Waals surface area (Å²) in [4.78, 5) is 21.2. The first-order chi connectivity index (χ1) is 15.9. The van der Waals surface area contributed by atoms with E-state index in [4.69, 9.17) is 15.5 Å². The predicted octanol–water partition coefficient (Wildman–Crippen LogP) is 4.19. The van der Waals surface area contributed by atoms with Gasteiger partial charge in [-0.3, -0.25) is 9.69 Å². The van der Waals surface area contributed by atoms with Crippen LogP contribution >= 0.6 is 11.3 Å². The van der Waals surface area contributed by atoms with Gasteiger partial charge in [0.15, 0.2) is 5.13 Å². The number of nitrogens with one attached hydrogen (secondary N) is 1. The normalized spacial score (nSPS) is 15.0. The topological polar surface area (TPSA) is 83.7 Å². The zero-order valence-electron chi connectivity index (χ0n) is 19.4. The number of hydrogen-bond donors (Lipinski definition) is 2. The highest BCUT2D eigenvalue weighted by molar-refractivity contribution is 7.14. The molecule has 0 bridgehead atoms. The summed E-state index contributed by atoms with van der Waals surface area (Å²) < 4.78 is 5.88. The van der Waals surface area contributed by atoms with Crippen molar-refractivity contribution < 1.29 is 9.53 Å². The molecule has 1 saturated heterocycles. The molecule has 1 aromatic heterocycles. The summed E-state index contributed by atoms with van der Waals surface area (Å²) in [7, 11) is 2.18. The monoisotopic (exact) mass is 465 g/mol. The van der Waals surface area contributed by atoms with Gasteiger partial charge in [0.25, 0.3) is 0 Å². The van der Waals surface area contributed by atoms with Crippen molar-refractivity contribution in [2.24, 2.45) is 5.73 Å². The second-order valence-electron chi connectivity index (χ2n) is 8.68. The number of carbonyl (C=O) groups is 1. The second-order valence-corrected chi connectivity index (χ2v) is 9.54. The van der Waals surface area contributed by atoms with Crippen molar-refractivity contribution in [1.29, 1.82) is 0 Å². The van der Waals surface area contributed by atoms with E-state index >= 15 is 0 Å². The molecule has 4 rings (SSSR count). The van der Waals surface area contributed by atoms with Crippen LogP contribution in [0.5, 0.6) is 5.75 Å². The van der Waals surface area contributed by atoms with Gasteiger partial charge in [0, 0.05) is 49.2 Å². The number of nitrogens with two attached hydrogens (primary N) is 1. The van der Waals surface area contributed by atoms with Crippen LogP contribution in [0.25, 0.3) is 11.3 Å². The Morgan fingerprint density at radius 2 is 1.88 bits per heavy atom. The minimum atomic E-state index is -0.481. The Morgan fingerprint density at radius 1 is 1.15 bits per heavy atom. The van der Waals surface area contributed by atoms with Crippen LogP contribution in [0.2, 0.25) is 0 Å². The highest BCUT2D eigenvalue weighted by Gasteiger charge is 2.15. The van der Waals surface area contributed by atoms with E-state index < -0.39 is 5.91 Å². The predicted molar refractivity (Wildman–Crippen MR) is 134 cm³/mol. The Hall–Kier alpha value is -2.94. The van der Waals surface area contributed by atoms with Gasteiger partial charge in [0.05, 0.1) is 17.5 Å². The molecule has 1 fully saturated rings. The van der Waals surface area contributed by atoms with E-state index in [1.165, 1.54) is 16.9 Å². The van der Waals surface area contributed by atoms with E-state index in [-0.39, 0.29) is 6.10 Å². The van der Waals surface area contributed by atoms with Gasteiger partial charge in [-0.05, 0) is 44.7 Å². The molecule has 1 aliphatic rings. The van der Waals surface area contributed by atoms with Crippen LogP contribution in [-0.4, -0.2) is 60.0 Å². The maximum atomic E-state index is 11.6. The zero-order chi connectivity index (χ0) is 23.4. The quantitative estimate of drug-likeness (QED) is 0.519.